The van der Waals surface area contributed by atoms with E-state index in [2.05, 4.69) is 4.98 Å². The molecule has 18 heavy (non-hydrogen) atoms. The van der Waals surface area contributed by atoms with Crippen LogP contribution in [0.3, 0.4) is 0 Å². The lowest BCUT2D eigenvalue weighted by Crippen LogP contribution is -2.55. The Morgan fingerprint density at radius 3 is 2.67 bits per heavy atom. The van der Waals surface area contributed by atoms with Crippen LogP contribution in [0, 0.1) is 6.92 Å². The Hall–Kier alpha value is -0.210. The minimum absolute atomic E-state index is 0.225. The van der Waals surface area contributed by atoms with Crippen LogP contribution in [0.2, 0.25) is 4.47 Å². The van der Waals surface area contributed by atoms with Gasteiger partial charge in [0.25, 0.3) is 10.0 Å². The maximum absolute atomic E-state index is 12.6. The highest BCUT2D eigenvalue weighted by atomic mass is 35.5. The van der Waals surface area contributed by atoms with E-state index in [-0.39, 0.29) is 8.68 Å². The zero-order valence-electron chi connectivity index (χ0n) is 10.4. The molecule has 2 heterocycles. The zero-order valence-corrected chi connectivity index (χ0v) is 12.8. The summed E-state index contributed by atoms with van der Waals surface area (Å²) in [5, 5.41) is 0. The number of sulfonamides is 1. The molecule has 0 unspecified atom stereocenters. The molecular formula is C10H15ClN2O3S2. The summed E-state index contributed by atoms with van der Waals surface area (Å²) in [7, 11) is -3.55. The molecule has 102 valence electrons. The summed E-state index contributed by atoms with van der Waals surface area (Å²) in [6.07, 6.45) is 0. The van der Waals surface area contributed by atoms with Gasteiger partial charge in [0.1, 0.15) is 0 Å². The number of nitrogens with zero attached hydrogens (tertiary/aromatic N) is 2. The number of ether oxygens (including phenoxy) is 1. The Morgan fingerprint density at radius 1 is 1.50 bits per heavy atom. The molecule has 0 bridgehead atoms. The molecule has 0 saturated carbocycles. The second kappa shape index (κ2) is 4.72. The molecule has 0 atom stereocenters. The van der Waals surface area contributed by atoms with E-state index in [1.807, 2.05) is 13.8 Å². The Kier molecular flexibility index (Phi) is 3.72. The van der Waals surface area contributed by atoms with Crippen molar-refractivity contribution in [1.29, 1.82) is 0 Å². The topological polar surface area (TPSA) is 59.5 Å². The highest BCUT2D eigenvalue weighted by molar-refractivity contribution is 7.91. The van der Waals surface area contributed by atoms with Crippen molar-refractivity contribution >= 4 is 33.0 Å². The standard InChI is InChI=1S/C10H15ClN2O3S2/c1-7-8(17-9(11)12-7)18(14,15)13-4-5-16-6-10(13,2)3/h4-6H2,1-3H3. The van der Waals surface area contributed by atoms with Gasteiger partial charge in [0.2, 0.25) is 0 Å². The van der Waals surface area contributed by atoms with E-state index in [4.69, 9.17) is 16.3 Å². The van der Waals surface area contributed by atoms with Gasteiger partial charge < -0.3 is 4.74 Å². The van der Waals surface area contributed by atoms with E-state index < -0.39 is 15.6 Å². The molecule has 5 nitrogen and oxygen atoms in total. The van der Waals surface area contributed by atoms with Gasteiger partial charge in [-0.3, -0.25) is 0 Å². The molecule has 2 rings (SSSR count). The van der Waals surface area contributed by atoms with Gasteiger partial charge in [-0.15, -0.1) is 0 Å². The second-order valence-electron chi connectivity index (χ2n) is 4.78. The van der Waals surface area contributed by atoms with Crippen LogP contribution in [0.15, 0.2) is 4.21 Å². The number of hydrogen-bond acceptors (Lipinski definition) is 5. The van der Waals surface area contributed by atoms with Crippen molar-refractivity contribution < 1.29 is 13.2 Å². The summed E-state index contributed by atoms with van der Waals surface area (Å²) >= 11 is 6.78. The number of thiazole rings is 1. The van der Waals surface area contributed by atoms with Crippen molar-refractivity contribution in [2.45, 2.75) is 30.5 Å². The van der Waals surface area contributed by atoms with Crippen LogP contribution in [0.5, 0.6) is 0 Å². The predicted octanol–water partition coefficient (Wildman–Crippen LogP) is 1.90. The van der Waals surface area contributed by atoms with Gasteiger partial charge in [0, 0.05) is 6.54 Å². The van der Waals surface area contributed by atoms with Crippen molar-refractivity contribution in [3.05, 3.63) is 10.2 Å². The maximum atomic E-state index is 12.6. The highest BCUT2D eigenvalue weighted by Crippen LogP contribution is 2.33. The van der Waals surface area contributed by atoms with E-state index in [0.29, 0.717) is 25.5 Å². The van der Waals surface area contributed by atoms with Crippen molar-refractivity contribution in [2.24, 2.45) is 0 Å². The lowest BCUT2D eigenvalue weighted by molar-refractivity contribution is -0.00763. The number of aryl methyl sites for hydroxylation is 1. The quantitative estimate of drug-likeness (QED) is 0.837. The predicted molar refractivity (Wildman–Crippen MR) is 70.7 cm³/mol. The minimum Gasteiger partial charge on any atom is -0.378 e. The van der Waals surface area contributed by atoms with E-state index in [1.165, 1.54) is 4.31 Å². The molecule has 1 aliphatic rings. The fourth-order valence-corrected chi connectivity index (χ4v) is 5.57. The summed E-state index contributed by atoms with van der Waals surface area (Å²) in [4.78, 5) is 3.97. The van der Waals surface area contributed by atoms with Crippen molar-refractivity contribution in [3.8, 4) is 0 Å². The zero-order chi connectivity index (χ0) is 13.6. The van der Waals surface area contributed by atoms with Crippen LogP contribution >= 0.6 is 22.9 Å². The van der Waals surface area contributed by atoms with E-state index in [1.54, 1.807) is 6.92 Å². The van der Waals surface area contributed by atoms with Gasteiger partial charge in [-0.1, -0.05) is 22.9 Å². The normalized spacial score (nSPS) is 21.1. The molecule has 0 amide bonds. The first-order valence-electron chi connectivity index (χ1n) is 5.49. The average Bonchev–Trinajstić information content (AvgIpc) is 2.57. The number of halogens is 1. The fraction of sp³-hybridized carbons (Fsp3) is 0.700. The molecule has 1 saturated heterocycles. The van der Waals surface area contributed by atoms with Crippen LogP contribution in [0.25, 0.3) is 0 Å². The first kappa shape index (κ1) is 14.2. The smallest absolute Gasteiger partial charge is 0.255 e. The summed E-state index contributed by atoms with van der Waals surface area (Å²) in [6, 6.07) is 0. The van der Waals surface area contributed by atoms with Gasteiger partial charge in [-0.25, -0.2) is 13.4 Å². The largest absolute Gasteiger partial charge is 0.378 e. The third kappa shape index (κ3) is 2.42. The van der Waals surface area contributed by atoms with Crippen LogP contribution < -0.4 is 0 Å². The lowest BCUT2D eigenvalue weighted by atomic mass is 10.1. The Morgan fingerprint density at radius 2 is 2.17 bits per heavy atom. The van der Waals surface area contributed by atoms with Crippen molar-refractivity contribution in [2.75, 3.05) is 19.8 Å². The summed E-state index contributed by atoms with van der Waals surface area (Å²) in [5.41, 5.74) is -0.104. The second-order valence-corrected chi connectivity index (χ2v) is 8.42. The van der Waals surface area contributed by atoms with E-state index in [0.717, 1.165) is 11.3 Å². The van der Waals surface area contributed by atoms with Gasteiger partial charge in [0.05, 0.1) is 24.4 Å². The first-order valence-corrected chi connectivity index (χ1v) is 8.12. The molecule has 1 aromatic heterocycles. The van der Waals surface area contributed by atoms with Gasteiger partial charge in [-0.05, 0) is 20.8 Å². The third-order valence-corrected chi connectivity index (χ3v) is 6.78. The van der Waals surface area contributed by atoms with Crippen LogP contribution in [-0.2, 0) is 14.8 Å². The average molecular weight is 311 g/mol. The Balaban J connectivity index is 2.45. The van der Waals surface area contributed by atoms with Gasteiger partial charge in [0.15, 0.2) is 8.68 Å². The summed E-state index contributed by atoms with van der Waals surface area (Å²) in [5.74, 6) is 0. The van der Waals surface area contributed by atoms with Gasteiger partial charge in [-0.2, -0.15) is 4.31 Å². The van der Waals surface area contributed by atoms with E-state index in [9.17, 15) is 8.42 Å². The molecule has 1 aliphatic heterocycles. The summed E-state index contributed by atoms with van der Waals surface area (Å²) < 4.78 is 32.5. The SMILES string of the molecule is Cc1nc(Cl)sc1S(=O)(=O)N1CCOCC1(C)C. The monoisotopic (exact) mass is 310 g/mol. The van der Waals surface area contributed by atoms with Gasteiger partial charge >= 0.3 is 0 Å². The Bertz CT molecular complexity index is 553. The molecule has 0 aliphatic carbocycles. The highest BCUT2D eigenvalue weighted by Gasteiger charge is 2.41. The molecular weight excluding hydrogens is 296 g/mol. The maximum Gasteiger partial charge on any atom is 0.255 e. The summed E-state index contributed by atoms with van der Waals surface area (Å²) in [6.45, 7) is 6.50. The molecule has 0 N–H and O–H groups in total. The molecule has 0 radical (unpaired) electrons. The molecule has 1 fully saturated rings. The van der Waals surface area contributed by atoms with E-state index >= 15 is 0 Å². The number of rotatable bonds is 2. The molecule has 0 aromatic carbocycles. The van der Waals surface area contributed by atoms with Crippen molar-refractivity contribution in [1.82, 2.24) is 9.29 Å². The molecule has 1 aromatic rings. The molecule has 8 heteroatoms. The van der Waals surface area contributed by atoms with Crippen molar-refractivity contribution in [3.63, 3.8) is 0 Å². The van der Waals surface area contributed by atoms with Crippen LogP contribution in [0.4, 0.5) is 0 Å². The number of morpholine rings is 1. The fourth-order valence-electron chi connectivity index (χ4n) is 1.98. The first-order chi connectivity index (χ1) is 8.25. The number of hydrogen-bond donors (Lipinski definition) is 0. The lowest BCUT2D eigenvalue weighted by Gasteiger charge is -2.40. The third-order valence-electron chi connectivity index (χ3n) is 2.82. The van der Waals surface area contributed by atoms with Crippen LogP contribution in [0.1, 0.15) is 19.5 Å². The number of aromatic nitrogens is 1. The minimum atomic E-state index is -3.55. The van der Waals surface area contributed by atoms with Crippen LogP contribution in [-0.4, -0.2) is 43.0 Å². The molecule has 0 spiro atoms. The Labute approximate surface area is 116 Å².